The lowest BCUT2D eigenvalue weighted by Crippen LogP contribution is -2.33. The van der Waals surface area contributed by atoms with Crippen molar-refractivity contribution in [2.45, 2.75) is 26.3 Å². The zero-order valence-corrected chi connectivity index (χ0v) is 13.9. The number of nitrogens with one attached hydrogen (secondary N) is 3. The molecule has 130 valence electrons. The quantitative estimate of drug-likeness (QED) is 0.634. The van der Waals surface area contributed by atoms with Crippen LogP contribution in [0.5, 0.6) is 0 Å². The summed E-state index contributed by atoms with van der Waals surface area (Å²) in [7, 11) is 0. The predicted molar refractivity (Wildman–Crippen MR) is 90.5 cm³/mol. The summed E-state index contributed by atoms with van der Waals surface area (Å²) in [5, 5.41) is 16.0. The van der Waals surface area contributed by atoms with Crippen LogP contribution in [0.1, 0.15) is 32.2 Å². The molecule has 0 aliphatic rings. The Labute approximate surface area is 144 Å². The minimum atomic E-state index is -0.409. The number of nitrogens with zero attached hydrogens (tertiary/aromatic N) is 4. The Balaban J connectivity index is 1.72. The molecule has 3 aromatic rings. The van der Waals surface area contributed by atoms with Gasteiger partial charge in [0.05, 0.1) is 0 Å². The number of benzene rings is 1. The van der Waals surface area contributed by atoms with Crippen LogP contribution in [0.4, 0.5) is 10.5 Å². The molecule has 0 aliphatic carbocycles. The first kappa shape index (κ1) is 16.6. The number of anilines is 1. The molecule has 1 aromatic carbocycles. The van der Waals surface area contributed by atoms with E-state index in [1.807, 2.05) is 30.3 Å². The lowest BCUT2D eigenvalue weighted by molar-refractivity contribution is 0.240. The molecule has 2 amide bonds. The summed E-state index contributed by atoms with van der Waals surface area (Å²) in [6.45, 7) is 4.11. The molecule has 0 unspecified atom stereocenters. The van der Waals surface area contributed by atoms with E-state index in [0.717, 1.165) is 0 Å². The fourth-order valence-electron chi connectivity index (χ4n) is 2.33. The van der Waals surface area contributed by atoms with Gasteiger partial charge in [-0.3, -0.25) is 5.10 Å². The number of aromatic nitrogens is 5. The molecule has 0 bridgehead atoms. The number of rotatable bonds is 6. The van der Waals surface area contributed by atoms with E-state index < -0.39 is 6.04 Å². The molecule has 2 heterocycles. The highest BCUT2D eigenvalue weighted by Gasteiger charge is 2.23. The van der Waals surface area contributed by atoms with Crippen LogP contribution in [-0.4, -0.2) is 31.4 Å². The molecule has 0 saturated heterocycles. The van der Waals surface area contributed by atoms with Crippen LogP contribution in [0.2, 0.25) is 0 Å². The van der Waals surface area contributed by atoms with Crippen LogP contribution in [0.25, 0.3) is 11.6 Å². The summed E-state index contributed by atoms with van der Waals surface area (Å²) in [5.41, 5.74) is 0.705. The molecule has 0 radical (unpaired) electrons. The second kappa shape index (κ2) is 7.56. The van der Waals surface area contributed by atoms with Crippen LogP contribution in [0.3, 0.4) is 0 Å². The topological polar surface area (TPSA) is 122 Å². The number of amides is 2. The van der Waals surface area contributed by atoms with Crippen molar-refractivity contribution >= 4 is 11.7 Å². The number of carbonyl (C=O) groups excluding carboxylic acids is 1. The second-order valence-electron chi connectivity index (χ2n) is 5.94. The van der Waals surface area contributed by atoms with E-state index in [-0.39, 0.29) is 6.03 Å². The first-order chi connectivity index (χ1) is 12.1. The van der Waals surface area contributed by atoms with E-state index >= 15 is 0 Å². The minimum Gasteiger partial charge on any atom is -0.337 e. The zero-order valence-electron chi connectivity index (χ0n) is 13.9. The number of hydrogen-bond donors (Lipinski definition) is 3. The fraction of sp³-hybridized carbons (Fsp3) is 0.312. The highest BCUT2D eigenvalue weighted by molar-refractivity contribution is 5.89. The van der Waals surface area contributed by atoms with Gasteiger partial charge in [0, 0.05) is 5.69 Å². The van der Waals surface area contributed by atoms with Crippen LogP contribution in [0, 0.1) is 5.92 Å². The lowest BCUT2D eigenvalue weighted by Gasteiger charge is -2.17. The van der Waals surface area contributed by atoms with E-state index in [0.29, 0.717) is 35.6 Å². The average molecular weight is 341 g/mol. The van der Waals surface area contributed by atoms with Crippen molar-refractivity contribution in [2.75, 3.05) is 5.32 Å². The summed E-state index contributed by atoms with van der Waals surface area (Å²) >= 11 is 0. The largest absolute Gasteiger partial charge is 0.337 e. The average Bonchev–Trinajstić information content (AvgIpc) is 3.26. The minimum absolute atomic E-state index is 0.298. The number of urea groups is 1. The van der Waals surface area contributed by atoms with Gasteiger partial charge in [-0.15, -0.1) is 0 Å². The van der Waals surface area contributed by atoms with Crippen LogP contribution in [-0.2, 0) is 0 Å². The molecule has 1 atom stereocenters. The molecule has 0 fully saturated rings. The molecule has 0 saturated carbocycles. The summed E-state index contributed by atoms with van der Waals surface area (Å²) < 4.78 is 5.31. The predicted octanol–water partition coefficient (Wildman–Crippen LogP) is 2.76. The third-order valence-electron chi connectivity index (χ3n) is 3.41. The Hall–Kier alpha value is -3.23. The van der Waals surface area contributed by atoms with E-state index in [1.165, 1.54) is 6.33 Å². The summed E-state index contributed by atoms with van der Waals surface area (Å²) in [6, 6.07) is 8.46. The smallest absolute Gasteiger partial charge is 0.319 e. The normalized spacial score (nSPS) is 12.1. The first-order valence-electron chi connectivity index (χ1n) is 7.93. The molecule has 9 heteroatoms. The van der Waals surface area contributed by atoms with E-state index in [4.69, 9.17) is 4.52 Å². The van der Waals surface area contributed by atoms with E-state index in [1.54, 1.807) is 0 Å². The van der Waals surface area contributed by atoms with Crippen molar-refractivity contribution in [1.82, 2.24) is 30.6 Å². The van der Waals surface area contributed by atoms with Crippen LogP contribution >= 0.6 is 0 Å². The van der Waals surface area contributed by atoms with E-state index in [2.05, 4.69) is 49.8 Å². The maximum atomic E-state index is 12.3. The molecule has 2 aromatic heterocycles. The molecule has 0 spiro atoms. The first-order valence-corrected chi connectivity index (χ1v) is 7.93. The highest BCUT2D eigenvalue weighted by atomic mass is 16.5. The molecule has 3 N–H and O–H groups in total. The fourth-order valence-corrected chi connectivity index (χ4v) is 2.33. The van der Waals surface area contributed by atoms with Crippen LogP contribution < -0.4 is 10.6 Å². The van der Waals surface area contributed by atoms with Crippen molar-refractivity contribution in [3.05, 3.63) is 42.5 Å². The molecule has 3 rings (SSSR count). The van der Waals surface area contributed by atoms with Gasteiger partial charge in [-0.05, 0) is 24.5 Å². The van der Waals surface area contributed by atoms with Gasteiger partial charge in [-0.1, -0.05) is 37.2 Å². The van der Waals surface area contributed by atoms with Crippen molar-refractivity contribution in [3.63, 3.8) is 0 Å². The van der Waals surface area contributed by atoms with E-state index in [9.17, 15) is 4.79 Å². The van der Waals surface area contributed by atoms with Gasteiger partial charge in [-0.2, -0.15) is 10.1 Å². The van der Waals surface area contributed by atoms with Crippen molar-refractivity contribution in [1.29, 1.82) is 0 Å². The SMILES string of the molecule is CC(C)C[C@@H](NC(=O)Nc1ccccc1)c1nc(-c2ncn[nH]2)no1. The molecular weight excluding hydrogens is 322 g/mol. The molecule has 25 heavy (non-hydrogen) atoms. The second-order valence-corrected chi connectivity index (χ2v) is 5.94. The zero-order chi connectivity index (χ0) is 17.6. The number of para-hydroxylation sites is 1. The Kier molecular flexibility index (Phi) is 5.03. The molecular formula is C16H19N7O2. The number of H-pyrrole nitrogens is 1. The molecule has 0 aliphatic heterocycles. The number of carbonyl (C=O) groups is 1. The van der Waals surface area contributed by atoms with Crippen molar-refractivity contribution < 1.29 is 9.32 Å². The van der Waals surface area contributed by atoms with Gasteiger partial charge < -0.3 is 15.2 Å². The van der Waals surface area contributed by atoms with Gasteiger partial charge in [0.25, 0.3) is 0 Å². The standard InChI is InChI=1S/C16H19N7O2/c1-10(2)8-12(20-16(24)19-11-6-4-3-5-7-11)15-21-14(23-25-15)13-17-9-18-22-13/h3-7,9-10,12H,8H2,1-2H3,(H,17,18,22)(H2,19,20,24)/t12-/m1/s1. The maximum absolute atomic E-state index is 12.3. The third kappa shape index (κ3) is 4.40. The van der Waals surface area contributed by atoms with Crippen LogP contribution in [0.15, 0.2) is 41.2 Å². The number of aromatic amines is 1. The number of hydrogen-bond acceptors (Lipinski definition) is 6. The highest BCUT2D eigenvalue weighted by Crippen LogP contribution is 2.22. The van der Waals surface area contributed by atoms with Crippen molar-refractivity contribution in [3.8, 4) is 11.6 Å². The maximum Gasteiger partial charge on any atom is 0.319 e. The van der Waals surface area contributed by atoms with Gasteiger partial charge >= 0.3 is 6.03 Å². The monoisotopic (exact) mass is 341 g/mol. The molecule has 9 nitrogen and oxygen atoms in total. The Morgan fingerprint density at radius 1 is 1.28 bits per heavy atom. The lowest BCUT2D eigenvalue weighted by atomic mass is 10.0. The van der Waals surface area contributed by atoms with Gasteiger partial charge in [-0.25, -0.2) is 9.78 Å². The van der Waals surface area contributed by atoms with Gasteiger partial charge in [0.15, 0.2) is 5.82 Å². The third-order valence-corrected chi connectivity index (χ3v) is 3.41. The Morgan fingerprint density at radius 3 is 2.76 bits per heavy atom. The van der Waals surface area contributed by atoms with Gasteiger partial charge in [0.2, 0.25) is 11.7 Å². The summed E-state index contributed by atoms with van der Waals surface area (Å²) in [6.07, 6.45) is 2.02. The van der Waals surface area contributed by atoms with Gasteiger partial charge in [0.1, 0.15) is 12.4 Å². The van der Waals surface area contributed by atoms with Crippen molar-refractivity contribution in [2.24, 2.45) is 5.92 Å². The Morgan fingerprint density at radius 2 is 2.08 bits per heavy atom. The summed E-state index contributed by atoms with van der Waals surface area (Å²) in [4.78, 5) is 20.6. The Bertz CT molecular complexity index is 799. The summed E-state index contributed by atoms with van der Waals surface area (Å²) in [5.74, 6) is 1.35.